The molecular formula is C32H37N7O6. The Morgan fingerprint density at radius 1 is 1.07 bits per heavy atom. The fraction of sp³-hybridized carbons (Fsp3) is 0.406. The highest BCUT2D eigenvalue weighted by Crippen LogP contribution is 2.38. The van der Waals surface area contributed by atoms with Gasteiger partial charge in [-0.15, -0.1) is 0 Å². The Kier molecular flexibility index (Phi) is 8.96. The zero-order valence-electron chi connectivity index (χ0n) is 25.5. The number of aromatic nitrogens is 2. The maximum atomic E-state index is 13.1. The molecule has 13 heteroatoms. The second-order valence-corrected chi connectivity index (χ2v) is 11.2. The van der Waals surface area contributed by atoms with Gasteiger partial charge >= 0.3 is 0 Å². The molecule has 3 amide bonds. The average molecular weight is 616 g/mol. The van der Waals surface area contributed by atoms with Crippen molar-refractivity contribution in [2.45, 2.75) is 31.7 Å². The third-order valence-corrected chi connectivity index (χ3v) is 8.13. The summed E-state index contributed by atoms with van der Waals surface area (Å²) >= 11 is 0. The highest BCUT2D eigenvalue weighted by atomic mass is 16.5. The summed E-state index contributed by atoms with van der Waals surface area (Å²) in [6.45, 7) is 3.89. The lowest BCUT2D eigenvalue weighted by Gasteiger charge is -2.27. The molecule has 0 saturated carbocycles. The zero-order chi connectivity index (χ0) is 31.3. The van der Waals surface area contributed by atoms with E-state index in [-0.39, 0.29) is 36.8 Å². The van der Waals surface area contributed by atoms with Gasteiger partial charge in [-0.3, -0.25) is 19.4 Å². The van der Waals surface area contributed by atoms with E-state index in [1.54, 1.807) is 42.2 Å². The molecule has 1 aromatic carbocycles. The van der Waals surface area contributed by atoms with E-state index in [0.29, 0.717) is 59.5 Å². The number of rotatable bonds is 10. The largest absolute Gasteiger partial charge is 0.493 e. The minimum absolute atomic E-state index is 0.0179. The molecule has 5 heterocycles. The van der Waals surface area contributed by atoms with Crippen LogP contribution in [-0.4, -0.2) is 91.0 Å². The molecule has 236 valence electrons. The Morgan fingerprint density at radius 2 is 1.91 bits per heavy atom. The molecule has 0 radical (unpaired) electrons. The van der Waals surface area contributed by atoms with Crippen LogP contribution in [0.3, 0.4) is 0 Å². The summed E-state index contributed by atoms with van der Waals surface area (Å²) < 4.78 is 18.5. The van der Waals surface area contributed by atoms with Crippen LogP contribution >= 0.6 is 0 Å². The van der Waals surface area contributed by atoms with E-state index in [2.05, 4.69) is 25.5 Å². The predicted octanol–water partition coefficient (Wildman–Crippen LogP) is 3.64. The molecule has 3 aliphatic rings. The Morgan fingerprint density at radius 3 is 2.69 bits per heavy atom. The van der Waals surface area contributed by atoms with Gasteiger partial charge in [0.1, 0.15) is 11.5 Å². The fourth-order valence-electron chi connectivity index (χ4n) is 5.75. The van der Waals surface area contributed by atoms with Gasteiger partial charge in [0.05, 0.1) is 61.8 Å². The van der Waals surface area contributed by atoms with Crippen molar-refractivity contribution in [1.29, 1.82) is 0 Å². The number of carbonyl (C=O) groups is 3. The molecule has 2 saturated heterocycles. The molecule has 1 atom stereocenters. The van der Waals surface area contributed by atoms with E-state index >= 15 is 0 Å². The summed E-state index contributed by atoms with van der Waals surface area (Å²) in [5, 5.41) is 5.71. The van der Waals surface area contributed by atoms with Crippen LogP contribution in [0.4, 0.5) is 22.9 Å². The quantitative estimate of drug-likeness (QED) is 0.330. The SMILES string of the molecule is COc1cc2c(cc1OCCCC(=O)Nc1cc(C(=O)Nc3ccc(N4CCOCC4)nc3)n(C)c1)N=C[C@@H]1CCCN1C2=O. The van der Waals surface area contributed by atoms with Gasteiger partial charge in [-0.25, -0.2) is 4.98 Å². The van der Waals surface area contributed by atoms with Crippen LogP contribution in [0.5, 0.6) is 11.5 Å². The molecule has 0 spiro atoms. The molecule has 13 nitrogen and oxygen atoms in total. The van der Waals surface area contributed by atoms with E-state index in [1.165, 1.54) is 7.11 Å². The van der Waals surface area contributed by atoms with Crippen LogP contribution in [0.25, 0.3) is 0 Å². The van der Waals surface area contributed by atoms with E-state index in [9.17, 15) is 14.4 Å². The Labute approximate surface area is 261 Å². The molecule has 3 aliphatic heterocycles. The molecule has 3 aromatic rings. The van der Waals surface area contributed by atoms with E-state index < -0.39 is 0 Å². The molecular weight excluding hydrogens is 578 g/mol. The van der Waals surface area contributed by atoms with Gasteiger partial charge in [0.2, 0.25) is 5.91 Å². The number of fused-ring (bicyclic) bond motifs is 2. The Hall–Kier alpha value is -4.91. The average Bonchev–Trinajstić information content (AvgIpc) is 3.65. The summed E-state index contributed by atoms with van der Waals surface area (Å²) in [5.74, 6) is 1.18. The monoisotopic (exact) mass is 615 g/mol. The van der Waals surface area contributed by atoms with Gasteiger partial charge in [0.25, 0.3) is 11.8 Å². The van der Waals surface area contributed by atoms with Crippen molar-refractivity contribution in [3.63, 3.8) is 0 Å². The lowest BCUT2D eigenvalue weighted by molar-refractivity contribution is -0.116. The van der Waals surface area contributed by atoms with Gasteiger partial charge in [-0.1, -0.05) is 0 Å². The first-order chi connectivity index (χ1) is 21.9. The Balaban J connectivity index is 0.992. The number of morpholine rings is 1. The van der Waals surface area contributed by atoms with Gasteiger partial charge in [-0.05, 0) is 43.5 Å². The molecule has 2 N–H and O–H groups in total. The number of benzene rings is 1. The van der Waals surface area contributed by atoms with Crippen molar-refractivity contribution in [2.75, 3.05) is 62.1 Å². The highest BCUT2D eigenvalue weighted by Gasteiger charge is 2.32. The number of aliphatic imine (C=N–C) groups is 1. The molecule has 0 bridgehead atoms. The van der Waals surface area contributed by atoms with Crippen LogP contribution in [-0.2, 0) is 16.6 Å². The summed E-state index contributed by atoms with van der Waals surface area (Å²) in [6, 6.07) is 8.74. The first kappa shape index (κ1) is 30.1. The number of aryl methyl sites for hydroxylation is 1. The van der Waals surface area contributed by atoms with Crippen molar-refractivity contribution in [1.82, 2.24) is 14.5 Å². The maximum Gasteiger partial charge on any atom is 0.272 e. The first-order valence-corrected chi connectivity index (χ1v) is 15.2. The van der Waals surface area contributed by atoms with Gasteiger partial charge < -0.3 is 39.2 Å². The van der Waals surface area contributed by atoms with Crippen molar-refractivity contribution in [3.8, 4) is 11.5 Å². The number of methoxy groups -OCH3 is 1. The zero-order valence-corrected chi connectivity index (χ0v) is 25.5. The maximum absolute atomic E-state index is 13.1. The van der Waals surface area contributed by atoms with Crippen LogP contribution < -0.4 is 25.0 Å². The molecule has 6 rings (SSSR count). The smallest absolute Gasteiger partial charge is 0.272 e. The highest BCUT2D eigenvalue weighted by molar-refractivity contribution is 6.05. The van der Waals surface area contributed by atoms with Crippen LogP contribution in [0.2, 0.25) is 0 Å². The number of ether oxygens (including phenoxy) is 3. The number of hydrogen-bond acceptors (Lipinski definition) is 9. The second kappa shape index (κ2) is 13.4. The van der Waals surface area contributed by atoms with Crippen molar-refractivity contribution in [2.24, 2.45) is 12.0 Å². The Bertz CT molecular complexity index is 1600. The third-order valence-electron chi connectivity index (χ3n) is 8.13. The van der Waals surface area contributed by atoms with E-state index in [4.69, 9.17) is 14.2 Å². The van der Waals surface area contributed by atoms with Crippen molar-refractivity contribution >= 4 is 46.8 Å². The van der Waals surface area contributed by atoms with Gasteiger partial charge in [0.15, 0.2) is 11.5 Å². The van der Waals surface area contributed by atoms with Gasteiger partial charge in [-0.2, -0.15) is 0 Å². The first-order valence-electron chi connectivity index (χ1n) is 15.2. The third kappa shape index (κ3) is 6.78. The standard InChI is InChI=1S/C32H37N7O6/c1-37-20-22(15-26(37)31(41)36-21-7-8-29(34-18-21)38-10-13-44-14-11-38)35-30(40)6-4-12-45-28-17-25-24(16-27(28)43-2)32(42)39-9-3-5-23(39)19-33-25/h7-8,15-20,23H,3-6,9-14H2,1-2H3,(H,35,40)(H,36,41)/t23-/m0/s1. The minimum Gasteiger partial charge on any atom is -0.493 e. The summed E-state index contributed by atoms with van der Waals surface area (Å²) in [4.78, 5) is 51.7. The fourth-order valence-corrected chi connectivity index (χ4v) is 5.75. The van der Waals surface area contributed by atoms with Crippen molar-refractivity contribution < 1.29 is 28.6 Å². The van der Waals surface area contributed by atoms with Crippen LogP contribution in [0.15, 0.2) is 47.7 Å². The number of carbonyl (C=O) groups excluding carboxylic acids is 3. The summed E-state index contributed by atoms with van der Waals surface area (Å²) in [5.41, 5.74) is 2.53. The van der Waals surface area contributed by atoms with Crippen LogP contribution in [0.1, 0.15) is 46.5 Å². The van der Waals surface area contributed by atoms with Crippen molar-refractivity contribution in [3.05, 3.63) is 54.0 Å². The van der Waals surface area contributed by atoms with E-state index in [0.717, 1.165) is 38.3 Å². The summed E-state index contributed by atoms with van der Waals surface area (Å²) in [7, 11) is 3.27. The normalized spacial score (nSPS) is 17.4. The number of anilines is 3. The number of amides is 3. The topological polar surface area (TPSA) is 140 Å². The number of nitrogens with zero attached hydrogens (tertiary/aromatic N) is 5. The molecule has 0 unspecified atom stereocenters. The van der Waals surface area contributed by atoms with E-state index in [1.807, 2.05) is 23.2 Å². The minimum atomic E-state index is -0.312. The van der Waals surface area contributed by atoms with Crippen LogP contribution in [0, 0.1) is 0 Å². The predicted molar refractivity (Wildman–Crippen MR) is 169 cm³/mol. The molecule has 2 fully saturated rings. The lowest BCUT2D eigenvalue weighted by Crippen LogP contribution is -2.36. The van der Waals surface area contributed by atoms with Gasteiger partial charge in [0, 0.05) is 51.6 Å². The lowest BCUT2D eigenvalue weighted by atomic mass is 10.1. The second-order valence-electron chi connectivity index (χ2n) is 11.2. The summed E-state index contributed by atoms with van der Waals surface area (Å²) in [6.07, 6.45) is 7.68. The number of nitrogens with one attached hydrogen (secondary N) is 2. The number of pyridine rings is 1. The molecule has 0 aliphatic carbocycles. The molecule has 45 heavy (non-hydrogen) atoms. The molecule has 2 aromatic heterocycles. The number of hydrogen-bond donors (Lipinski definition) is 2.